The Hall–Kier alpha value is -2.04. The van der Waals surface area contributed by atoms with Crippen LogP contribution in [0.1, 0.15) is 31.9 Å². The highest BCUT2D eigenvalue weighted by Gasteiger charge is 2.51. The van der Waals surface area contributed by atoms with Gasteiger partial charge >= 0.3 is 5.97 Å². The van der Waals surface area contributed by atoms with E-state index in [0.29, 0.717) is 15.4 Å². The third kappa shape index (κ3) is 2.38. The van der Waals surface area contributed by atoms with Crippen LogP contribution >= 0.6 is 0 Å². The van der Waals surface area contributed by atoms with E-state index in [9.17, 15) is 9.35 Å². The van der Waals surface area contributed by atoms with Crippen LogP contribution in [0.25, 0.3) is 0 Å². The maximum Gasteiger partial charge on any atom is 0.334 e. The van der Waals surface area contributed by atoms with Gasteiger partial charge in [-0.1, -0.05) is 44.7 Å². The molecule has 0 aromatic heterocycles. The largest absolute Gasteiger partial charge is 0.606 e. The van der Waals surface area contributed by atoms with Crippen LogP contribution in [0.5, 0.6) is 0 Å². The van der Waals surface area contributed by atoms with E-state index in [-0.39, 0.29) is 5.92 Å². The molecule has 1 heterocycles. The molecule has 0 saturated carbocycles. The molecule has 0 bridgehead atoms. The highest BCUT2D eigenvalue weighted by Crippen LogP contribution is 2.50. The molecular formula is C20H20O3S. The number of ether oxygens (including phenoxy) is 1. The molecule has 0 aliphatic carbocycles. The maximum absolute atomic E-state index is 13.0. The quantitative estimate of drug-likeness (QED) is 0.478. The first-order valence-corrected chi connectivity index (χ1v) is 9.04. The highest BCUT2D eigenvalue weighted by atomic mass is 32.2. The average Bonchev–Trinajstić information content (AvgIpc) is 2.58. The van der Waals surface area contributed by atoms with Gasteiger partial charge in [0.1, 0.15) is 0 Å². The number of fused-ring (bicyclic) bond motifs is 2. The Morgan fingerprint density at radius 1 is 1.08 bits per heavy atom. The lowest BCUT2D eigenvalue weighted by atomic mass is 9.77. The van der Waals surface area contributed by atoms with Crippen molar-refractivity contribution in [2.75, 3.05) is 0 Å². The molecule has 1 aliphatic rings. The van der Waals surface area contributed by atoms with Gasteiger partial charge in [-0.25, -0.2) is 4.79 Å². The molecule has 0 N–H and O–H groups in total. The summed E-state index contributed by atoms with van der Waals surface area (Å²) in [7, 11) is 0. The van der Waals surface area contributed by atoms with Crippen molar-refractivity contribution in [2.45, 2.75) is 36.2 Å². The predicted octanol–water partition coefficient (Wildman–Crippen LogP) is 4.19. The van der Waals surface area contributed by atoms with Crippen molar-refractivity contribution < 1.29 is 14.1 Å². The molecule has 0 unspecified atom stereocenters. The Kier molecular flexibility index (Phi) is 4.28. The second-order valence-corrected chi connectivity index (χ2v) is 7.74. The van der Waals surface area contributed by atoms with Gasteiger partial charge in [-0.2, -0.15) is 0 Å². The number of hydrogen-bond donors (Lipinski definition) is 0. The van der Waals surface area contributed by atoms with Crippen LogP contribution in [-0.2, 0) is 26.3 Å². The summed E-state index contributed by atoms with van der Waals surface area (Å²) in [5.41, 5.74) is 0.937. The van der Waals surface area contributed by atoms with E-state index < -0.39 is 22.7 Å². The fourth-order valence-electron chi connectivity index (χ4n) is 3.22. The number of rotatable bonds is 3. The van der Waals surface area contributed by atoms with Gasteiger partial charge in [-0.15, -0.1) is 0 Å². The van der Waals surface area contributed by atoms with E-state index >= 15 is 0 Å². The Morgan fingerprint density at radius 3 is 1.96 bits per heavy atom. The number of carbonyl (C=O) groups excluding carboxylic acids is 1. The molecule has 2 aromatic carbocycles. The van der Waals surface area contributed by atoms with E-state index in [1.165, 1.54) is 0 Å². The van der Waals surface area contributed by atoms with Crippen molar-refractivity contribution >= 4 is 17.1 Å². The Balaban J connectivity index is 2.33. The highest BCUT2D eigenvalue weighted by molar-refractivity contribution is 7.91. The normalized spacial score (nSPS) is 21.8. The summed E-state index contributed by atoms with van der Waals surface area (Å²) < 4.78 is 19.0. The predicted molar refractivity (Wildman–Crippen MR) is 94.1 cm³/mol. The lowest BCUT2D eigenvalue weighted by Crippen LogP contribution is -2.43. The third-order valence-electron chi connectivity index (χ3n) is 4.39. The van der Waals surface area contributed by atoms with Gasteiger partial charge < -0.3 is 9.29 Å². The van der Waals surface area contributed by atoms with Gasteiger partial charge in [0.15, 0.2) is 15.4 Å². The molecule has 124 valence electrons. The van der Waals surface area contributed by atoms with E-state index in [0.717, 1.165) is 11.1 Å². The lowest BCUT2D eigenvalue weighted by molar-refractivity contribution is -0.156. The molecular weight excluding hydrogens is 320 g/mol. The van der Waals surface area contributed by atoms with E-state index in [4.69, 9.17) is 4.74 Å². The van der Waals surface area contributed by atoms with E-state index in [2.05, 4.69) is 6.58 Å². The zero-order valence-corrected chi connectivity index (χ0v) is 14.9. The van der Waals surface area contributed by atoms with Crippen LogP contribution in [0.2, 0.25) is 0 Å². The molecule has 0 fully saturated rings. The van der Waals surface area contributed by atoms with Gasteiger partial charge in [-0.05, 0) is 31.2 Å². The Bertz CT molecular complexity index is 763. The molecule has 0 amide bonds. The standard InChI is InChI=1S/C20H20O3S/c1-13(2)19(21)23-20(14(3)4)15-9-5-7-11-17(15)24(22)18-12-8-6-10-16(18)20/h5-12,14H,1H2,2-4H3. The summed E-state index contributed by atoms with van der Waals surface area (Å²) in [6.07, 6.45) is 0. The van der Waals surface area contributed by atoms with Crippen LogP contribution in [0, 0.1) is 5.92 Å². The third-order valence-corrected chi connectivity index (χ3v) is 5.90. The van der Waals surface area contributed by atoms with Crippen LogP contribution < -0.4 is 0 Å². The second kappa shape index (κ2) is 6.11. The Morgan fingerprint density at radius 2 is 1.54 bits per heavy atom. The second-order valence-electron chi connectivity index (χ2n) is 6.32. The molecule has 0 spiro atoms. The monoisotopic (exact) mass is 340 g/mol. The fraction of sp³-hybridized carbons (Fsp3) is 0.250. The van der Waals surface area contributed by atoms with Crippen molar-refractivity contribution in [1.29, 1.82) is 0 Å². The van der Waals surface area contributed by atoms with E-state index in [1.54, 1.807) is 6.92 Å². The lowest BCUT2D eigenvalue weighted by Gasteiger charge is -2.42. The summed E-state index contributed by atoms with van der Waals surface area (Å²) in [6, 6.07) is 15.0. The van der Waals surface area contributed by atoms with Crippen molar-refractivity contribution in [3.63, 3.8) is 0 Å². The number of carbonyl (C=O) groups is 1. The minimum Gasteiger partial charge on any atom is -0.606 e. The van der Waals surface area contributed by atoms with Crippen molar-refractivity contribution in [3.05, 3.63) is 71.8 Å². The fourth-order valence-corrected chi connectivity index (χ4v) is 4.70. The molecule has 0 atom stereocenters. The number of benzene rings is 2. The topological polar surface area (TPSA) is 49.4 Å². The summed E-state index contributed by atoms with van der Waals surface area (Å²) in [6.45, 7) is 9.35. The minimum atomic E-state index is -1.29. The van der Waals surface area contributed by atoms with Crippen LogP contribution in [0.4, 0.5) is 0 Å². The molecule has 0 radical (unpaired) electrons. The molecule has 24 heavy (non-hydrogen) atoms. The van der Waals surface area contributed by atoms with Gasteiger partial charge in [-0.3, -0.25) is 0 Å². The van der Waals surface area contributed by atoms with Crippen LogP contribution in [0.15, 0.2) is 70.5 Å². The first-order valence-electron chi connectivity index (χ1n) is 7.89. The summed E-state index contributed by atoms with van der Waals surface area (Å²) in [4.78, 5) is 13.8. The Labute approximate surface area is 145 Å². The van der Waals surface area contributed by atoms with Gasteiger partial charge in [0.2, 0.25) is 0 Å². The maximum atomic E-state index is 13.0. The van der Waals surface area contributed by atoms with Gasteiger partial charge in [0.25, 0.3) is 0 Å². The smallest absolute Gasteiger partial charge is 0.334 e. The van der Waals surface area contributed by atoms with Crippen molar-refractivity contribution in [2.24, 2.45) is 5.92 Å². The molecule has 3 nitrogen and oxygen atoms in total. The number of hydrogen-bond acceptors (Lipinski definition) is 3. The van der Waals surface area contributed by atoms with E-state index in [1.807, 2.05) is 62.4 Å². The zero-order chi connectivity index (χ0) is 17.5. The zero-order valence-electron chi connectivity index (χ0n) is 14.0. The van der Waals surface area contributed by atoms with Crippen molar-refractivity contribution in [3.8, 4) is 0 Å². The average molecular weight is 340 g/mol. The molecule has 1 aliphatic heterocycles. The SMILES string of the molecule is C=C(C)C(=O)OC1(C(C)C)c2ccccc2[S+]([O-])c2ccccc21. The summed E-state index contributed by atoms with van der Waals surface area (Å²) in [5, 5.41) is 0. The molecule has 2 aromatic rings. The summed E-state index contributed by atoms with van der Waals surface area (Å²) in [5.74, 6) is -0.485. The van der Waals surface area contributed by atoms with Crippen LogP contribution in [-0.4, -0.2) is 10.5 Å². The first kappa shape index (κ1) is 16.8. The number of esters is 1. The van der Waals surface area contributed by atoms with Crippen LogP contribution in [0.3, 0.4) is 0 Å². The van der Waals surface area contributed by atoms with Gasteiger partial charge in [0.05, 0.1) is 11.1 Å². The van der Waals surface area contributed by atoms with Crippen molar-refractivity contribution in [1.82, 2.24) is 0 Å². The minimum absolute atomic E-state index is 0.0413. The summed E-state index contributed by atoms with van der Waals surface area (Å²) >= 11 is -1.29. The molecule has 0 saturated heterocycles. The first-order chi connectivity index (χ1) is 11.4. The molecule has 4 heteroatoms. The van der Waals surface area contributed by atoms with Gasteiger partial charge in [0, 0.05) is 22.7 Å². The molecule has 3 rings (SSSR count).